The Bertz CT molecular complexity index is 488. The van der Waals surface area contributed by atoms with Crippen molar-refractivity contribution in [1.82, 2.24) is 5.48 Å². The van der Waals surface area contributed by atoms with Gasteiger partial charge in [-0.25, -0.2) is 5.48 Å². The van der Waals surface area contributed by atoms with Gasteiger partial charge in [-0.05, 0) is 6.07 Å². The van der Waals surface area contributed by atoms with Crippen LogP contribution in [-0.2, 0) is 0 Å². The van der Waals surface area contributed by atoms with Crippen LogP contribution in [0.3, 0.4) is 0 Å². The van der Waals surface area contributed by atoms with E-state index in [2.05, 4.69) is 10.2 Å². The summed E-state index contributed by atoms with van der Waals surface area (Å²) in [5, 5.41) is 15.6. The van der Waals surface area contributed by atoms with Gasteiger partial charge in [0.25, 0.3) is 0 Å². The first-order valence-electron chi connectivity index (χ1n) is 5.22. The highest BCUT2D eigenvalue weighted by atomic mass is 16.5. The van der Waals surface area contributed by atoms with Crippen molar-refractivity contribution in [2.24, 2.45) is 15.9 Å². The van der Waals surface area contributed by atoms with E-state index in [9.17, 15) is 0 Å². The number of guanidine groups is 1. The molecule has 8 nitrogen and oxygen atoms in total. The fourth-order valence-electron chi connectivity index (χ4n) is 1.33. The van der Waals surface area contributed by atoms with Crippen LogP contribution in [0, 0.1) is 0 Å². The van der Waals surface area contributed by atoms with Crippen molar-refractivity contribution < 1.29 is 19.4 Å². The van der Waals surface area contributed by atoms with E-state index in [0.717, 1.165) is 0 Å². The van der Waals surface area contributed by atoms with Crippen LogP contribution >= 0.6 is 0 Å². The highest BCUT2D eigenvalue weighted by molar-refractivity contribution is 5.86. The monoisotopic (exact) mass is 268 g/mol. The maximum Gasteiger partial charge on any atom is 0.237 e. The van der Waals surface area contributed by atoms with E-state index in [1.165, 1.54) is 27.5 Å². The molecule has 0 saturated carbocycles. The number of hydroxylamine groups is 1. The number of methoxy groups -OCH3 is 3. The van der Waals surface area contributed by atoms with Crippen LogP contribution in [0.4, 0.5) is 0 Å². The fraction of sp³-hybridized carbons (Fsp3) is 0.273. The van der Waals surface area contributed by atoms with Crippen LogP contribution in [0.1, 0.15) is 5.56 Å². The molecule has 0 fully saturated rings. The van der Waals surface area contributed by atoms with Crippen LogP contribution in [0.2, 0.25) is 0 Å². The van der Waals surface area contributed by atoms with Crippen LogP contribution in [0.25, 0.3) is 0 Å². The molecule has 0 unspecified atom stereocenters. The number of rotatable bonds is 5. The second kappa shape index (κ2) is 7.07. The third-order valence-corrected chi connectivity index (χ3v) is 2.21. The molecule has 0 atom stereocenters. The summed E-state index contributed by atoms with van der Waals surface area (Å²) in [6.45, 7) is 0. The average Bonchev–Trinajstić information content (AvgIpc) is 2.46. The molecular weight excluding hydrogens is 252 g/mol. The summed E-state index contributed by atoms with van der Waals surface area (Å²) in [7, 11) is 4.57. The Kier molecular flexibility index (Phi) is 5.42. The molecule has 0 saturated heterocycles. The van der Waals surface area contributed by atoms with Crippen molar-refractivity contribution in [2.45, 2.75) is 0 Å². The lowest BCUT2D eigenvalue weighted by atomic mass is 10.2. The topological polar surface area (TPSA) is 111 Å². The molecule has 0 radical (unpaired) electrons. The molecule has 0 aliphatic carbocycles. The maximum absolute atomic E-state index is 8.44. The van der Waals surface area contributed by atoms with Gasteiger partial charge < -0.3 is 19.9 Å². The number of nitrogens with two attached hydrogens (primary N) is 1. The van der Waals surface area contributed by atoms with Gasteiger partial charge in [-0.2, -0.15) is 5.10 Å². The predicted molar refractivity (Wildman–Crippen MR) is 70.2 cm³/mol. The molecule has 1 aromatic rings. The molecule has 104 valence electrons. The minimum atomic E-state index is -0.226. The van der Waals surface area contributed by atoms with Gasteiger partial charge >= 0.3 is 0 Å². The number of hydrogen-bond donors (Lipinski definition) is 3. The smallest absolute Gasteiger partial charge is 0.237 e. The van der Waals surface area contributed by atoms with Gasteiger partial charge in [0.2, 0.25) is 5.96 Å². The van der Waals surface area contributed by atoms with Crippen molar-refractivity contribution in [3.8, 4) is 17.2 Å². The van der Waals surface area contributed by atoms with Gasteiger partial charge in [-0.3, -0.25) is 5.21 Å². The maximum atomic E-state index is 8.44. The zero-order chi connectivity index (χ0) is 14.3. The second-order valence-corrected chi connectivity index (χ2v) is 3.29. The Hall–Kier alpha value is -2.48. The van der Waals surface area contributed by atoms with Gasteiger partial charge in [0.15, 0.2) is 11.5 Å². The first kappa shape index (κ1) is 14.6. The van der Waals surface area contributed by atoms with Crippen LogP contribution in [0.5, 0.6) is 17.2 Å². The van der Waals surface area contributed by atoms with Crippen LogP contribution < -0.4 is 25.4 Å². The molecule has 1 rings (SSSR count). The van der Waals surface area contributed by atoms with Crippen molar-refractivity contribution in [3.63, 3.8) is 0 Å². The molecule has 0 aliphatic rings. The minimum absolute atomic E-state index is 0.226. The molecule has 1 aromatic carbocycles. The zero-order valence-electron chi connectivity index (χ0n) is 10.9. The summed E-state index contributed by atoms with van der Waals surface area (Å²) in [4.78, 5) is 0. The number of nitrogens with one attached hydrogen (secondary N) is 1. The SMILES string of the molecule is COc1cc(OC)c(OC)cc1/C=N\N=C(N)NO. The number of hydrogen-bond acceptors (Lipinski definition) is 6. The number of nitrogens with zero attached hydrogens (tertiary/aromatic N) is 2. The van der Waals surface area contributed by atoms with Gasteiger partial charge in [0.1, 0.15) is 5.75 Å². The quantitative estimate of drug-likeness (QED) is 0.403. The summed E-state index contributed by atoms with van der Waals surface area (Å²) >= 11 is 0. The molecule has 0 amide bonds. The first-order valence-corrected chi connectivity index (χ1v) is 5.22. The van der Waals surface area contributed by atoms with Crippen LogP contribution in [-0.4, -0.2) is 38.7 Å². The zero-order valence-corrected chi connectivity index (χ0v) is 10.9. The lowest BCUT2D eigenvalue weighted by molar-refractivity contribution is 0.232. The fourth-order valence-corrected chi connectivity index (χ4v) is 1.33. The standard InChI is InChI=1S/C11H16N4O4/c1-17-8-5-10(19-3)9(18-2)4-7(8)6-13-14-11(12)15-16/h4-6,16H,1-3H3,(H3,12,14,15)/b13-6-. The largest absolute Gasteiger partial charge is 0.496 e. The molecular formula is C11H16N4O4. The predicted octanol–water partition coefficient (Wildman–Crippen LogP) is 0.340. The summed E-state index contributed by atoms with van der Waals surface area (Å²) in [5.41, 5.74) is 7.49. The molecule has 0 aromatic heterocycles. The van der Waals surface area contributed by atoms with E-state index in [-0.39, 0.29) is 5.96 Å². The molecule has 0 spiro atoms. The minimum Gasteiger partial charge on any atom is -0.496 e. The van der Waals surface area contributed by atoms with E-state index in [4.69, 9.17) is 25.2 Å². The third kappa shape index (κ3) is 3.75. The highest BCUT2D eigenvalue weighted by Gasteiger charge is 2.10. The Morgan fingerprint density at radius 1 is 1.16 bits per heavy atom. The lowest BCUT2D eigenvalue weighted by Gasteiger charge is -2.11. The van der Waals surface area contributed by atoms with Gasteiger partial charge in [-0.15, -0.1) is 5.10 Å². The summed E-state index contributed by atoms with van der Waals surface area (Å²) < 4.78 is 15.5. The third-order valence-electron chi connectivity index (χ3n) is 2.21. The Morgan fingerprint density at radius 3 is 2.26 bits per heavy atom. The van der Waals surface area contributed by atoms with E-state index in [0.29, 0.717) is 22.8 Å². The van der Waals surface area contributed by atoms with Crippen molar-refractivity contribution >= 4 is 12.2 Å². The molecule has 19 heavy (non-hydrogen) atoms. The lowest BCUT2D eigenvalue weighted by Crippen LogP contribution is -2.27. The van der Waals surface area contributed by atoms with E-state index >= 15 is 0 Å². The van der Waals surface area contributed by atoms with Crippen molar-refractivity contribution in [1.29, 1.82) is 0 Å². The molecule has 4 N–H and O–H groups in total. The normalized spacial score (nSPS) is 11.5. The number of benzene rings is 1. The van der Waals surface area contributed by atoms with Gasteiger partial charge in [0, 0.05) is 11.6 Å². The average molecular weight is 268 g/mol. The van der Waals surface area contributed by atoms with Crippen LogP contribution in [0.15, 0.2) is 22.3 Å². The Labute approximate surface area is 110 Å². The summed E-state index contributed by atoms with van der Waals surface area (Å²) in [6.07, 6.45) is 1.41. The summed E-state index contributed by atoms with van der Waals surface area (Å²) in [5.74, 6) is 1.38. The number of ether oxygens (including phenoxy) is 3. The first-order chi connectivity index (χ1) is 9.15. The molecule has 8 heteroatoms. The van der Waals surface area contributed by atoms with Gasteiger partial charge in [0.05, 0.1) is 27.5 Å². The molecule has 0 heterocycles. The summed E-state index contributed by atoms with van der Waals surface area (Å²) in [6, 6.07) is 3.34. The Morgan fingerprint density at radius 2 is 1.74 bits per heavy atom. The van der Waals surface area contributed by atoms with Crippen molar-refractivity contribution in [3.05, 3.63) is 17.7 Å². The second-order valence-electron chi connectivity index (χ2n) is 3.29. The van der Waals surface area contributed by atoms with E-state index < -0.39 is 0 Å². The van der Waals surface area contributed by atoms with Gasteiger partial charge in [-0.1, -0.05) is 0 Å². The Balaban J connectivity index is 3.12. The highest BCUT2D eigenvalue weighted by Crippen LogP contribution is 2.33. The van der Waals surface area contributed by atoms with E-state index in [1.807, 2.05) is 0 Å². The molecule has 0 bridgehead atoms. The van der Waals surface area contributed by atoms with E-state index in [1.54, 1.807) is 17.6 Å². The van der Waals surface area contributed by atoms with Crippen molar-refractivity contribution in [2.75, 3.05) is 21.3 Å². The molecule has 0 aliphatic heterocycles.